The maximum absolute atomic E-state index is 11.8. The van der Waals surface area contributed by atoms with Crippen molar-refractivity contribution in [3.05, 3.63) is 35.4 Å². The summed E-state index contributed by atoms with van der Waals surface area (Å²) in [6.07, 6.45) is 3.19. The molecule has 0 aliphatic heterocycles. The van der Waals surface area contributed by atoms with Crippen LogP contribution in [-0.4, -0.2) is 25.1 Å². The Balaban J connectivity index is 2.43. The average molecular weight is 260 g/mol. The van der Waals surface area contributed by atoms with Crippen LogP contribution >= 0.6 is 0 Å². The molecule has 100 valence electrons. The molecule has 0 atom stereocenters. The second kappa shape index (κ2) is 5.18. The van der Waals surface area contributed by atoms with Gasteiger partial charge in [0.15, 0.2) is 17.3 Å². The summed E-state index contributed by atoms with van der Waals surface area (Å²) in [4.78, 5) is 11.8. The first kappa shape index (κ1) is 13.2. The van der Waals surface area contributed by atoms with Gasteiger partial charge in [-0.1, -0.05) is 6.58 Å². The predicted molar refractivity (Wildman–Crippen MR) is 72.6 cm³/mol. The van der Waals surface area contributed by atoms with Crippen LogP contribution in [-0.2, 0) is 4.79 Å². The van der Waals surface area contributed by atoms with Crippen molar-refractivity contribution in [1.29, 1.82) is 0 Å². The summed E-state index contributed by atoms with van der Waals surface area (Å²) in [5, 5.41) is 9.82. The van der Waals surface area contributed by atoms with Crippen molar-refractivity contribution >= 4 is 11.9 Å². The Kier molecular flexibility index (Phi) is 3.60. The third-order valence-corrected chi connectivity index (χ3v) is 3.15. The third-order valence-electron chi connectivity index (χ3n) is 3.15. The SMILES string of the molecule is C=C1CCC(=Cc2cc(OC)c(O)c(OC)c2)C1=O. The highest BCUT2D eigenvalue weighted by Gasteiger charge is 2.21. The highest BCUT2D eigenvalue weighted by Crippen LogP contribution is 2.38. The summed E-state index contributed by atoms with van der Waals surface area (Å²) in [6.45, 7) is 3.73. The van der Waals surface area contributed by atoms with Gasteiger partial charge in [0.25, 0.3) is 0 Å². The Morgan fingerprint density at radius 1 is 1.21 bits per heavy atom. The third kappa shape index (κ3) is 2.47. The number of aromatic hydroxyl groups is 1. The molecule has 1 aromatic rings. The van der Waals surface area contributed by atoms with E-state index in [0.717, 1.165) is 11.1 Å². The fourth-order valence-electron chi connectivity index (χ4n) is 2.08. The number of hydrogen-bond acceptors (Lipinski definition) is 4. The van der Waals surface area contributed by atoms with E-state index in [1.807, 2.05) is 0 Å². The Labute approximate surface area is 112 Å². The van der Waals surface area contributed by atoms with E-state index in [9.17, 15) is 9.90 Å². The lowest BCUT2D eigenvalue weighted by Gasteiger charge is -2.09. The van der Waals surface area contributed by atoms with Crippen LogP contribution in [0.5, 0.6) is 17.2 Å². The Morgan fingerprint density at radius 2 is 1.79 bits per heavy atom. The van der Waals surface area contributed by atoms with E-state index < -0.39 is 0 Å². The second-order valence-electron chi connectivity index (χ2n) is 4.38. The first-order chi connectivity index (χ1) is 9.06. The molecule has 0 spiro atoms. The van der Waals surface area contributed by atoms with Gasteiger partial charge in [0.2, 0.25) is 5.75 Å². The summed E-state index contributed by atoms with van der Waals surface area (Å²) < 4.78 is 10.2. The van der Waals surface area contributed by atoms with Gasteiger partial charge < -0.3 is 14.6 Å². The fraction of sp³-hybridized carbons (Fsp3) is 0.267. The summed E-state index contributed by atoms with van der Waals surface area (Å²) in [7, 11) is 2.93. The summed E-state index contributed by atoms with van der Waals surface area (Å²) in [5.41, 5.74) is 2.12. The minimum absolute atomic E-state index is 0.00556. The van der Waals surface area contributed by atoms with Gasteiger partial charge in [-0.2, -0.15) is 0 Å². The van der Waals surface area contributed by atoms with E-state index >= 15 is 0 Å². The topological polar surface area (TPSA) is 55.8 Å². The second-order valence-corrected chi connectivity index (χ2v) is 4.38. The molecule has 19 heavy (non-hydrogen) atoms. The van der Waals surface area contributed by atoms with Crippen LogP contribution in [0.4, 0.5) is 0 Å². The number of benzene rings is 1. The van der Waals surface area contributed by atoms with Crippen molar-refractivity contribution in [2.45, 2.75) is 12.8 Å². The number of phenols is 1. The number of rotatable bonds is 3. The molecule has 0 aromatic heterocycles. The molecule has 4 nitrogen and oxygen atoms in total. The molecular weight excluding hydrogens is 244 g/mol. The molecule has 1 saturated carbocycles. The van der Waals surface area contributed by atoms with Gasteiger partial charge in [0.05, 0.1) is 14.2 Å². The maximum atomic E-state index is 11.8. The maximum Gasteiger partial charge on any atom is 0.200 e. The predicted octanol–water partition coefficient (Wildman–Crippen LogP) is 2.71. The molecule has 2 rings (SSSR count). The van der Waals surface area contributed by atoms with E-state index in [1.165, 1.54) is 14.2 Å². The quantitative estimate of drug-likeness (QED) is 0.849. The lowest BCUT2D eigenvalue weighted by atomic mass is 10.1. The molecule has 1 fully saturated rings. The zero-order valence-corrected chi connectivity index (χ0v) is 11.0. The Hall–Kier alpha value is -2.23. The lowest BCUT2D eigenvalue weighted by Crippen LogP contribution is -1.95. The molecule has 0 amide bonds. The average Bonchev–Trinajstić information content (AvgIpc) is 2.72. The minimum atomic E-state index is -0.0469. The van der Waals surface area contributed by atoms with Gasteiger partial charge >= 0.3 is 0 Å². The van der Waals surface area contributed by atoms with Crippen LogP contribution in [0.1, 0.15) is 18.4 Å². The number of Topliss-reactive ketones (excluding diaryl/α,β-unsaturated/α-hetero) is 1. The van der Waals surface area contributed by atoms with Gasteiger partial charge in [-0.05, 0) is 42.2 Å². The molecule has 0 saturated heterocycles. The summed E-state index contributed by atoms with van der Waals surface area (Å²) in [6, 6.07) is 3.33. The Morgan fingerprint density at radius 3 is 2.21 bits per heavy atom. The van der Waals surface area contributed by atoms with Gasteiger partial charge in [-0.3, -0.25) is 4.79 Å². The molecule has 0 unspecified atom stereocenters. The molecule has 0 heterocycles. The fourth-order valence-corrected chi connectivity index (χ4v) is 2.08. The van der Waals surface area contributed by atoms with Gasteiger partial charge in [0, 0.05) is 5.57 Å². The van der Waals surface area contributed by atoms with E-state index in [1.54, 1.807) is 18.2 Å². The van der Waals surface area contributed by atoms with Crippen molar-refractivity contribution in [1.82, 2.24) is 0 Å². The van der Waals surface area contributed by atoms with E-state index in [-0.39, 0.29) is 11.5 Å². The van der Waals surface area contributed by atoms with Crippen molar-refractivity contribution in [2.24, 2.45) is 0 Å². The van der Waals surface area contributed by atoms with Gasteiger partial charge in [-0.25, -0.2) is 0 Å². The highest BCUT2D eigenvalue weighted by molar-refractivity contribution is 6.12. The van der Waals surface area contributed by atoms with Crippen LogP contribution in [0.25, 0.3) is 6.08 Å². The number of carbonyl (C=O) groups excluding carboxylic acids is 1. The molecule has 4 heteroatoms. The van der Waals surface area contributed by atoms with E-state index in [4.69, 9.17) is 9.47 Å². The van der Waals surface area contributed by atoms with Gasteiger partial charge in [0.1, 0.15) is 0 Å². The van der Waals surface area contributed by atoms with Gasteiger partial charge in [-0.15, -0.1) is 0 Å². The largest absolute Gasteiger partial charge is 0.502 e. The number of carbonyl (C=O) groups is 1. The standard InChI is InChI=1S/C15H16O4/c1-9-4-5-11(14(9)16)6-10-7-12(18-2)15(17)13(8-10)19-3/h6-8,17H,1,4-5H2,2-3H3. The molecule has 1 aliphatic carbocycles. The van der Waals surface area contributed by atoms with Crippen LogP contribution < -0.4 is 9.47 Å². The number of methoxy groups -OCH3 is 2. The summed E-state index contributed by atoms with van der Waals surface area (Å²) >= 11 is 0. The van der Waals surface area contributed by atoms with Crippen molar-refractivity contribution in [3.63, 3.8) is 0 Å². The minimum Gasteiger partial charge on any atom is -0.502 e. The molecule has 0 bridgehead atoms. The van der Waals surface area contributed by atoms with Crippen molar-refractivity contribution in [2.75, 3.05) is 14.2 Å². The first-order valence-electron chi connectivity index (χ1n) is 5.95. The molecular formula is C15H16O4. The number of ether oxygens (including phenoxy) is 2. The van der Waals surface area contributed by atoms with Crippen molar-refractivity contribution < 1.29 is 19.4 Å². The normalized spacial score (nSPS) is 17.1. The van der Waals surface area contributed by atoms with Crippen LogP contribution in [0.15, 0.2) is 29.9 Å². The van der Waals surface area contributed by atoms with Crippen molar-refractivity contribution in [3.8, 4) is 17.2 Å². The summed E-state index contributed by atoms with van der Waals surface area (Å²) in [5.74, 6) is 0.589. The molecule has 0 radical (unpaired) electrons. The molecule has 1 aromatic carbocycles. The van der Waals surface area contributed by atoms with Crippen LogP contribution in [0.2, 0.25) is 0 Å². The zero-order valence-electron chi connectivity index (χ0n) is 11.0. The first-order valence-corrected chi connectivity index (χ1v) is 5.95. The number of phenolic OH excluding ortho intramolecular Hbond substituents is 1. The smallest absolute Gasteiger partial charge is 0.200 e. The van der Waals surface area contributed by atoms with E-state index in [2.05, 4.69) is 6.58 Å². The zero-order chi connectivity index (χ0) is 14.0. The molecule has 1 N–H and O–H groups in total. The molecule has 1 aliphatic rings. The van der Waals surface area contributed by atoms with Crippen LogP contribution in [0, 0.1) is 0 Å². The van der Waals surface area contributed by atoms with E-state index in [0.29, 0.717) is 29.9 Å². The monoisotopic (exact) mass is 260 g/mol. The highest BCUT2D eigenvalue weighted by atomic mass is 16.5. The number of ketones is 1. The Bertz CT molecular complexity index is 545. The number of allylic oxidation sites excluding steroid dienone is 2. The van der Waals surface area contributed by atoms with Crippen LogP contribution in [0.3, 0.4) is 0 Å². The number of hydrogen-bond donors (Lipinski definition) is 1. The lowest BCUT2D eigenvalue weighted by molar-refractivity contribution is -0.111.